The van der Waals surface area contributed by atoms with Crippen LogP contribution in [0.25, 0.3) is 5.65 Å². The van der Waals surface area contributed by atoms with E-state index in [2.05, 4.69) is 4.98 Å². The highest BCUT2D eigenvalue weighted by Gasteiger charge is 2.33. The van der Waals surface area contributed by atoms with E-state index in [4.69, 9.17) is 0 Å². The second-order valence-corrected chi connectivity index (χ2v) is 8.16. The van der Waals surface area contributed by atoms with E-state index in [0.717, 1.165) is 11.3 Å². The molecule has 1 fully saturated rings. The summed E-state index contributed by atoms with van der Waals surface area (Å²) in [6.45, 7) is 2.44. The van der Waals surface area contributed by atoms with Gasteiger partial charge >= 0.3 is 0 Å². The molecular formula is C16H21N3O3S. The number of hydrogen-bond acceptors (Lipinski definition) is 4. The van der Waals surface area contributed by atoms with Gasteiger partial charge in [-0.1, -0.05) is 6.07 Å². The van der Waals surface area contributed by atoms with Crippen molar-refractivity contribution in [2.24, 2.45) is 0 Å². The van der Waals surface area contributed by atoms with Crippen LogP contribution in [-0.2, 0) is 21.1 Å². The van der Waals surface area contributed by atoms with Crippen LogP contribution < -0.4 is 0 Å². The molecule has 1 amide bonds. The maximum atomic E-state index is 12.5. The van der Waals surface area contributed by atoms with Crippen LogP contribution in [-0.4, -0.2) is 52.7 Å². The lowest BCUT2D eigenvalue weighted by Crippen LogP contribution is -2.41. The molecule has 23 heavy (non-hydrogen) atoms. The lowest BCUT2D eigenvalue weighted by atomic mass is 10.1. The van der Waals surface area contributed by atoms with Crippen molar-refractivity contribution in [3.05, 3.63) is 36.3 Å². The summed E-state index contributed by atoms with van der Waals surface area (Å²) in [6, 6.07) is 5.62. The Morgan fingerprint density at radius 3 is 2.91 bits per heavy atom. The molecule has 2 aromatic rings. The van der Waals surface area contributed by atoms with Crippen molar-refractivity contribution in [3.63, 3.8) is 0 Å². The van der Waals surface area contributed by atoms with Gasteiger partial charge < -0.3 is 9.30 Å². The number of imidazole rings is 1. The first kappa shape index (κ1) is 16.0. The van der Waals surface area contributed by atoms with E-state index in [1.165, 1.54) is 0 Å². The molecule has 0 N–H and O–H groups in total. The Morgan fingerprint density at radius 1 is 1.43 bits per heavy atom. The Hall–Kier alpha value is -1.89. The minimum atomic E-state index is -2.98. The molecule has 0 unspecified atom stereocenters. The zero-order valence-electron chi connectivity index (χ0n) is 13.2. The molecule has 2 aromatic heterocycles. The molecule has 1 aliphatic rings. The number of amides is 1. The van der Waals surface area contributed by atoms with Gasteiger partial charge in [-0.05, 0) is 31.9 Å². The predicted molar refractivity (Wildman–Crippen MR) is 88.0 cm³/mol. The average Bonchev–Trinajstić information content (AvgIpc) is 3.08. The molecule has 1 atom stereocenters. The van der Waals surface area contributed by atoms with Crippen LogP contribution in [0.15, 0.2) is 30.6 Å². The summed E-state index contributed by atoms with van der Waals surface area (Å²) in [6.07, 6.45) is 5.33. The molecule has 1 saturated heterocycles. The maximum Gasteiger partial charge on any atom is 0.223 e. The van der Waals surface area contributed by atoms with E-state index in [1.807, 2.05) is 41.9 Å². The summed E-state index contributed by atoms with van der Waals surface area (Å²) in [5.41, 5.74) is 1.74. The Balaban J connectivity index is 1.63. The Morgan fingerprint density at radius 2 is 2.26 bits per heavy atom. The van der Waals surface area contributed by atoms with Crippen LogP contribution in [0, 0.1) is 0 Å². The normalized spacial score (nSPS) is 20.0. The second kappa shape index (κ2) is 6.31. The van der Waals surface area contributed by atoms with Gasteiger partial charge in [0.15, 0.2) is 9.84 Å². The number of rotatable bonds is 5. The number of aromatic nitrogens is 2. The van der Waals surface area contributed by atoms with E-state index < -0.39 is 9.84 Å². The van der Waals surface area contributed by atoms with Crippen molar-refractivity contribution in [1.82, 2.24) is 14.3 Å². The summed E-state index contributed by atoms with van der Waals surface area (Å²) in [5.74, 6) is 0.293. The van der Waals surface area contributed by atoms with Gasteiger partial charge in [-0.25, -0.2) is 13.4 Å². The zero-order chi connectivity index (χ0) is 16.4. The van der Waals surface area contributed by atoms with E-state index in [0.29, 0.717) is 25.8 Å². The highest BCUT2D eigenvalue weighted by Crippen LogP contribution is 2.19. The molecule has 1 aliphatic heterocycles. The monoisotopic (exact) mass is 335 g/mol. The first-order valence-corrected chi connectivity index (χ1v) is 9.73. The number of fused-ring (bicyclic) bond motifs is 1. The molecule has 6 nitrogen and oxygen atoms in total. The largest absolute Gasteiger partial charge is 0.339 e. The number of carbonyl (C=O) groups excluding carboxylic acids is 1. The van der Waals surface area contributed by atoms with Gasteiger partial charge in [-0.2, -0.15) is 0 Å². The van der Waals surface area contributed by atoms with Gasteiger partial charge in [0.2, 0.25) is 5.91 Å². The molecule has 0 aromatic carbocycles. The first-order valence-electron chi connectivity index (χ1n) is 7.91. The van der Waals surface area contributed by atoms with Crippen molar-refractivity contribution in [2.45, 2.75) is 32.2 Å². The molecule has 3 heterocycles. The van der Waals surface area contributed by atoms with E-state index >= 15 is 0 Å². The predicted octanol–water partition coefficient (Wildman–Crippen LogP) is 1.30. The van der Waals surface area contributed by atoms with Crippen molar-refractivity contribution in [1.29, 1.82) is 0 Å². The molecule has 0 aliphatic carbocycles. The molecule has 3 rings (SSSR count). The van der Waals surface area contributed by atoms with Crippen LogP contribution in [0.5, 0.6) is 0 Å². The van der Waals surface area contributed by atoms with Crippen LogP contribution in [0.4, 0.5) is 0 Å². The number of nitrogens with zero attached hydrogens (tertiary/aromatic N) is 3. The van der Waals surface area contributed by atoms with Crippen LogP contribution in [0.2, 0.25) is 0 Å². The summed E-state index contributed by atoms with van der Waals surface area (Å²) in [7, 11) is -2.98. The van der Waals surface area contributed by atoms with Crippen LogP contribution >= 0.6 is 0 Å². The topological polar surface area (TPSA) is 71.8 Å². The molecule has 124 valence electrons. The number of hydrogen-bond donors (Lipinski definition) is 0. The fourth-order valence-electron chi connectivity index (χ4n) is 3.15. The van der Waals surface area contributed by atoms with Crippen molar-refractivity contribution >= 4 is 21.4 Å². The van der Waals surface area contributed by atoms with E-state index in [1.54, 1.807) is 4.90 Å². The average molecular weight is 335 g/mol. The lowest BCUT2D eigenvalue weighted by molar-refractivity contribution is -0.132. The SMILES string of the molecule is CCN(C(=O)CCc1cn2ccccc2n1)[C@@H]1CCS(=O)(=O)C1. The number of sulfone groups is 1. The lowest BCUT2D eigenvalue weighted by Gasteiger charge is -2.26. The van der Waals surface area contributed by atoms with E-state index in [9.17, 15) is 13.2 Å². The molecular weight excluding hydrogens is 314 g/mol. The summed E-state index contributed by atoms with van der Waals surface area (Å²) in [4.78, 5) is 18.7. The number of aryl methyl sites for hydroxylation is 1. The summed E-state index contributed by atoms with van der Waals surface area (Å²) < 4.78 is 25.2. The van der Waals surface area contributed by atoms with Gasteiger partial charge in [0, 0.05) is 31.4 Å². The third-order valence-electron chi connectivity index (χ3n) is 4.32. The molecule has 0 bridgehead atoms. The van der Waals surface area contributed by atoms with Gasteiger partial charge in [0.25, 0.3) is 0 Å². The van der Waals surface area contributed by atoms with Gasteiger partial charge in [-0.15, -0.1) is 0 Å². The molecule has 0 saturated carbocycles. The Labute approximate surface area is 136 Å². The first-order chi connectivity index (χ1) is 11.0. The van der Waals surface area contributed by atoms with Crippen molar-refractivity contribution < 1.29 is 13.2 Å². The summed E-state index contributed by atoms with van der Waals surface area (Å²) in [5, 5.41) is 0. The maximum absolute atomic E-state index is 12.5. The van der Waals surface area contributed by atoms with Gasteiger partial charge in [0.1, 0.15) is 5.65 Å². The fraction of sp³-hybridized carbons (Fsp3) is 0.500. The Kier molecular flexibility index (Phi) is 4.39. The van der Waals surface area contributed by atoms with Crippen molar-refractivity contribution in [3.8, 4) is 0 Å². The smallest absolute Gasteiger partial charge is 0.223 e. The minimum Gasteiger partial charge on any atom is -0.339 e. The van der Waals surface area contributed by atoms with Gasteiger partial charge in [-0.3, -0.25) is 4.79 Å². The van der Waals surface area contributed by atoms with Crippen LogP contribution in [0.1, 0.15) is 25.5 Å². The highest BCUT2D eigenvalue weighted by atomic mass is 32.2. The second-order valence-electron chi connectivity index (χ2n) is 5.93. The minimum absolute atomic E-state index is 0.00616. The molecule has 0 spiro atoms. The highest BCUT2D eigenvalue weighted by molar-refractivity contribution is 7.91. The van der Waals surface area contributed by atoms with Crippen LogP contribution in [0.3, 0.4) is 0 Å². The zero-order valence-corrected chi connectivity index (χ0v) is 14.0. The third kappa shape index (κ3) is 3.55. The van der Waals surface area contributed by atoms with Crippen molar-refractivity contribution in [2.75, 3.05) is 18.1 Å². The summed E-state index contributed by atoms with van der Waals surface area (Å²) >= 11 is 0. The third-order valence-corrected chi connectivity index (χ3v) is 6.07. The molecule has 7 heteroatoms. The quantitative estimate of drug-likeness (QED) is 0.826. The number of pyridine rings is 1. The fourth-order valence-corrected chi connectivity index (χ4v) is 4.88. The van der Waals surface area contributed by atoms with E-state index in [-0.39, 0.29) is 23.5 Å². The molecule has 0 radical (unpaired) electrons. The number of carbonyl (C=O) groups is 1. The standard InChI is InChI=1S/C16H21N3O3S/c1-2-19(14-8-10-23(21,22)12-14)16(20)7-6-13-11-18-9-4-3-5-15(18)17-13/h3-5,9,11,14H,2,6-8,10,12H2,1H3/t14-/m1/s1. The Bertz CT molecular complexity index is 780. The van der Waals surface area contributed by atoms with Gasteiger partial charge in [0.05, 0.1) is 17.2 Å².